The van der Waals surface area contributed by atoms with Gasteiger partial charge in [0.15, 0.2) is 4.90 Å². The lowest BCUT2D eigenvalue weighted by atomic mass is 10.0. The number of hydrogen-bond acceptors (Lipinski definition) is 5. The summed E-state index contributed by atoms with van der Waals surface area (Å²) in [4.78, 5) is 12.7. The predicted octanol–water partition coefficient (Wildman–Crippen LogP) is 3.41. The summed E-state index contributed by atoms with van der Waals surface area (Å²) < 4.78 is 28.2. The molecule has 0 radical (unpaired) electrons. The monoisotopic (exact) mass is 403 g/mol. The maximum Gasteiger partial charge on any atom is 0.289 e. The highest BCUT2D eigenvalue weighted by Gasteiger charge is 2.30. The molecular formula is C20H25N3O4S. The van der Waals surface area contributed by atoms with Crippen LogP contribution < -0.4 is 4.72 Å². The molecule has 8 heteroatoms. The zero-order valence-corrected chi connectivity index (χ0v) is 16.9. The predicted molar refractivity (Wildman–Crippen MR) is 108 cm³/mol. The Hall–Kier alpha value is -2.29. The fourth-order valence-electron chi connectivity index (χ4n) is 3.63. The van der Waals surface area contributed by atoms with E-state index in [2.05, 4.69) is 28.7 Å². The molecule has 0 amide bonds. The third-order valence-electron chi connectivity index (χ3n) is 5.28. The second kappa shape index (κ2) is 8.38. The van der Waals surface area contributed by atoms with E-state index in [4.69, 9.17) is 0 Å². The Labute approximate surface area is 165 Å². The molecule has 0 aliphatic carbocycles. The third kappa shape index (κ3) is 4.57. The Morgan fingerprint density at radius 1 is 1.14 bits per heavy atom. The normalized spacial score (nSPS) is 17.4. The Bertz CT molecular complexity index is 939. The molecule has 1 unspecified atom stereocenters. The summed E-state index contributed by atoms with van der Waals surface area (Å²) in [6.45, 7) is 5.37. The lowest BCUT2D eigenvalue weighted by Gasteiger charge is -2.36. The molecule has 0 aromatic heterocycles. The zero-order chi connectivity index (χ0) is 20.3. The van der Waals surface area contributed by atoms with Gasteiger partial charge in [-0.3, -0.25) is 15.0 Å². The van der Waals surface area contributed by atoms with Gasteiger partial charge in [0.1, 0.15) is 0 Å². The average Bonchev–Trinajstić information content (AvgIpc) is 2.68. The van der Waals surface area contributed by atoms with Crippen LogP contribution in [-0.4, -0.2) is 37.4 Å². The maximum atomic E-state index is 12.7. The molecular weight excluding hydrogens is 378 g/mol. The van der Waals surface area contributed by atoms with E-state index in [-0.39, 0.29) is 22.7 Å². The molecule has 1 atom stereocenters. The summed E-state index contributed by atoms with van der Waals surface area (Å²) in [7, 11) is -3.95. The largest absolute Gasteiger partial charge is 0.296 e. The first-order valence-electron chi connectivity index (χ1n) is 9.34. The van der Waals surface area contributed by atoms with Crippen LogP contribution in [0.5, 0.6) is 0 Å². The van der Waals surface area contributed by atoms with E-state index in [9.17, 15) is 18.5 Å². The minimum absolute atomic E-state index is 0.231. The fourth-order valence-corrected chi connectivity index (χ4v) is 5.08. The van der Waals surface area contributed by atoms with Crippen molar-refractivity contribution in [1.82, 2.24) is 9.62 Å². The van der Waals surface area contributed by atoms with Gasteiger partial charge in [0, 0.05) is 31.2 Å². The minimum Gasteiger partial charge on any atom is -0.296 e. The number of nitrogens with one attached hydrogen (secondary N) is 1. The molecule has 2 aromatic carbocycles. The zero-order valence-electron chi connectivity index (χ0n) is 16.0. The Kier molecular flexibility index (Phi) is 6.12. The lowest BCUT2D eigenvalue weighted by Crippen LogP contribution is -2.45. The van der Waals surface area contributed by atoms with E-state index >= 15 is 0 Å². The highest BCUT2D eigenvalue weighted by atomic mass is 32.2. The first kappa shape index (κ1) is 20.4. The summed E-state index contributed by atoms with van der Waals surface area (Å²) in [5.41, 5.74) is 1.49. The van der Waals surface area contributed by atoms with Crippen molar-refractivity contribution in [2.75, 3.05) is 13.1 Å². The smallest absolute Gasteiger partial charge is 0.289 e. The number of nitro benzene ring substituents is 1. The topological polar surface area (TPSA) is 92.6 Å². The summed E-state index contributed by atoms with van der Waals surface area (Å²) in [5.74, 6) is 0. The third-order valence-corrected chi connectivity index (χ3v) is 6.85. The van der Waals surface area contributed by atoms with E-state index in [0.29, 0.717) is 18.4 Å². The maximum absolute atomic E-state index is 12.7. The average molecular weight is 404 g/mol. The van der Waals surface area contributed by atoms with Crippen LogP contribution in [-0.2, 0) is 10.0 Å². The van der Waals surface area contributed by atoms with Crippen LogP contribution in [0.4, 0.5) is 5.69 Å². The van der Waals surface area contributed by atoms with Gasteiger partial charge in [-0.1, -0.05) is 36.4 Å². The second-order valence-electron chi connectivity index (χ2n) is 7.25. The van der Waals surface area contributed by atoms with Crippen molar-refractivity contribution in [3.05, 3.63) is 69.8 Å². The summed E-state index contributed by atoms with van der Waals surface area (Å²) >= 11 is 0. The second-order valence-corrected chi connectivity index (χ2v) is 8.93. The quantitative estimate of drug-likeness (QED) is 0.589. The van der Waals surface area contributed by atoms with Crippen molar-refractivity contribution in [3.63, 3.8) is 0 Å². The highest BCUT2D eigenvalue weighted by molar-refractivity contribution is 7.89. The van der Waals surface area contributed by atoms with Gasteiger partial charge >= 0.3 is 0 Å². The van der Waals surface area contributed by atoms with Gasteiger partial charge in [0.25, 0.3) is 5.69 Å². The standard InChI is InChI=1S/C20H25N3O4S/c1-15-8-9-20(19(14-15)23(24)25)28(26,27)21-18-10-12-22(13-11-18)16(2)17-6-4-3-5-7-17/h3-9,14,16,18,21H,10-13H2,1-2H3. The molecule has 1 heterocycles. The molecule has 0 spiro atoms. The number of rotatable bonds is 6. The number of aryl methyl sites for hydroxylation is 1. The van der Waals surface area contributed by atoms with E-state index in [1.54, 1.807) is 13.0 Å². The van der Waals surface area contributed by atoms with E-state index in [1.807, 2.05) is 18.2 Å². The van der Waals surface area contributed by atoms with Gasteiger partial charge in [0.05, 0.1) is 4.92 Å². The van der Waals surface area contributed by atoms with Crippen LogP contribution in [0.1, 0.15) is 36.9 Å². The molecule has 7 nitrogen and oxygen atoms in total. The van der Waals surface area contributed by atoms with Crippen molar-refractivity contribution in [2.45, 2.75) is 43.7 Å². The molecule has 1 N–H and O–H groups in total. The molecule has 0 bridgehead atoms. The van der Waals surface area contributed by atoms with Gasteiger partial charge < -0.3 is 0 Å². The van der Waals surface area contributed by atoms with Crippen molar-refractivity contribution in [2.24, 2.45) is 0 Å². The fraction of sp³-hybridized carbons (Fsp3) is 0.400. The van der Waals surface area contributed by atoms with E-state index in [0.717, 1.165) is 13.1 Å². The van der Waals surface area contributed by atoms with Gasteiger partial charge in [0.2, 0.25) is 10.0 Å². The number of hydrogen-bond donors (Lipinski definition) is 1. The highest BCUT2D eigenvalue weighted by Crippen LogP contribution is 2.27. The molecule has 150 valence electrons. The van der Waals surface area contributed by atoms with Crippen LogP contribution in [0.15, 0.2) is 53.4 Å². The van der Waals surface area contributed by atoms with Gasteiger partial charge in [-0.25, -0.2) is 13.1 Å². The molecule has 2 aromatic rings. The number of nitrogens with zero attached hydrogens (tertiary/aromatic N) is 2. The van der Waals surface area contributed by atoms with Gasteiger partial charge in [-0.2, -0.15) is 0 Å². The molecule has 1 aliphatic heterocycles. The molecule has 1 aliphatic rings. The van der Waals surface area contributed by atoms with Crippen LogP contribution >= 0.6 is 0 Å². The van der Waals surface area contributed by atoms with Crippen molar-refractivity contribution >= 4 is 15.7 Å². The van der Waals surface area contributed by atoms with Crippen LogP contribution in [0, 0.1) is 17.0 Å². The van der Waals surface area contributed by atoms with Crippen molar-refractivity contribution in [1.29, 1.82) is 0 Å². The first-order chi connectivity index (χ1) is 13.3. The Morgan fingerprint density at radius 3 is 2.39 bits per heavy atom. The molecule has 0 saturated carbocycles. The SMILES string of the molecule is Cc1ccc(S(=O)(=O)NC2CCN(C(C)c3ccccc3)CC2)c([N+](=O)[O-])c1. The molecule has 1 fully saturated rings. The van der Waals surface area contributed by atoms with Crippen LogP contribution in [0.25, 0.3) is 0 Å². The lowest BCUT2D eigenvalue weighted by molar-refractivity contribution is -0.387. The molecule has 1 saturated heterocycles. The van der Waals surface area contributed by atoms with Gasteiger partial charge in [-0.05, 0) is 43.9 Å². The number of likely N-dealkylation sites (tertiary alicyclic amines) is 1. The van der Waals surface area contributed by atoms with Crippen molar-refractivity contribution in [3.8, 4) is 0 Å². The number of sulfonamides is 1. The number of piperidine rings is 1. The van der Waals surface area contributed by atoms with E-state index < -0.39 is 14.9 Å². The Balaban J connectivity index is 1.67. The van der Waals surface area contributed by atoms with Crippen molar-refractivity contribution < 1.29 is 13.3 Å². The number of nitro groups is 1. The van der Waals surface area contributed by atoms with Crippen LogP contribution in [0.3, 0.4) is 0 Å². The van der Waals surface area contributed by atoms with Gasteiger partial charge in [-0.15, -0.1) is 0 Å². The number of benzene rings is 2. The molecule has 3 rings (SSSR count). The molecule has 28 heavy (non-hydrogen) atoms. The van der Waals surface area contributed by atoms with Crippen LogP contribution in [0.2, 0.25) is 0 Å². The minimum atomic E-state index is -3.95. The summed E-state index contributed by atoms with van der Waals surface area (Å²) in [6.07, 6.45) is 1.33. The summed E-state index contributed by atoms with van der Waals surface area (Å²) in [5, 5.41) is 11.3. The first-order valence-corrected chi connectivity index (χ1v) is 10.8. The van der Waals surface area contributed by atoms with E-state index in [1.165, 1.54) is 17.7 Å². The summed E-state index contributed by atoms with van der Waals surface area (Å²) in [6, 6.07) is 14.4. The Morgan fingerprint density at radius 2 is 1.79 bits per heavy atom.